The van der Waals surface area contributed by atoms with Crippen molar-refractivity contribution in [1.82, 2.24) is 20.2 Å². The highest BCUT2D eigenvalue weighted by molar-refractivity contribution is 6.35. The van der Waals surface area contributed by atoms with Crippen LogP contribution in [-0.2, 0) is 6.54 Å². The fourth-order valence-electron chi connectivity index (χ4n) is 1.48. The molecule has 0 unspecified atom stereocenters. The van der Waals surface area contributed by atoms with Crippen LogP contribution in [0.5, 0.6) is 0 Å². The number of tetrazole rings is 1. The third-order valence-electron chi connectivity index (χ3n) is 2.24. The zero-order chi connectivity index (χ0) is 11.5. The van der Waals surface area contributed by atoms with Crippen LogP contribution in [0.2, 0.25) is 5.02 Å². The summed E-state index contributed by atoms with van der Waals surface area (Å²) in [6.45, 7) is 2.82. The van der Waals surface area contributed by atoms with Crippen LogP contribution < -0.4 is 5.73 Å². The molecule has 0 saturated heterocycles. The zero-order valence-corrected chi connectivity index (χ0v) is 9.65. The lowest BCUT2D eigenvalue weighted by Crippen LogP contribution is -2.02. The SMILES string of the molecule is CCCn1nnnc1-c1cccc(N)c1Cl. The Bertz CT molecular complexity index is 494. The summed E-state index contributed by atoms with van der Waals surface area (Å²) in [5.41, 5.74) is 7.04. The first-order valence-corrected chi connectivity index (χ1v) is 5.42. The van der Waals surface area contributed by atoms with Crippen molar-refractivity contribution in [1.29, 1.82) is 0 Å². The van der Waals surface area contributed by atoms with E-state index < -0.39 is 0 Å². The van der Waals surface area contributed by atoms with E-state index in [0.29, 0.717) is 16.5 Å². The molecular weight excluding hydrogens is 226 g/mol. The van der Waals surface area contributed by atoms with Gasteiger partial charge in [-0.15, -0.1) is 5.10 Å². The highest BCUT2D eigenvalue weighted by Crippen LogP contribution is 2.30. The van der Waals surface area contributed by atoms with E-state index in [1.807, 2.05) is 12.1 Å². The van der Waals surface area contributed by atoms with Crippen LogP contribution in [0.4, 0.5) is 5.69 Å². The molecule has 1 aromatic heterocycles. The van der Waals surface area contributed by atoms with Crippen molar-refractivity contribution in [3.8, 4) is 11.4 Å². The smallest absolute Gasteiger partial charge is 0.183 e. The van der Waals surface area contributed by atoms with Crippen molar-refractivity contribution in [3.05, 3.63) is 23.2 Å². The number of halogens is 1. The van der Waals surface area contributed by atoms with Gasteiger partial charge in [-0.05, 0) is 29.0 Å². The van der Waals surface area contributed by atoms with E-state index in [-0.39, 0.29) is 0 Å². The van der Waals surface area contributed by atoms with Gasteiger partial charge in [0.1, 0.15) is 0 Å². The molecule has 0 aliphatic rings. The number of aryl methyl sites for hydroxylation is 1. The number of rotatable bonds is 3. The van der Waals surface area contributed by atoms with E-state index in [1.54, 1.807) is 10.7 Å². The molecule has 0 fully saturated rings. The number of nitrogens with zero attached hydrogens (tertiary/aromatic N) is 4. The van der Waals surface area contributed by atoms with E-state index in [4.69, 9.17) is 17.3 Å². The second kappa shape index (κ2) is 4.49. The lowest BCUT2D eigenvalue weighted by molar-refractivity contribution is 0.583. The van der Waals surface area contributed by atoms with Gasteiger partial charge in [0.15, 0.2) is 5.82 Å². The number of benzene rings is 1. The fraction of sp³-hybridized carbons (Fsp3) is 0.300. The van der Waals surface area contributed by atoms with Crippen molar-refractivity contribution >= 4 is 17.3 Å². The summed E-state index contributed by atoms with van der Waals surface area (Å²) in [5, 5.41) is 12.0. The zero-order valence-electron chi connectivity index (χ0n) is 8.89. The van der Waals surface area contributed by atoms with Crippen LogP contribution in [0.15, 0.2) is 18.2 Å². The minimum absolute atomic E-state index is 0.495. The van der Waals surface area contributed by atoms with Gasteiger partial charge in [0.2, 0.25) is 0 Å². The molecule has 16 heavy (non-hydrogen) atoms. The Hall–Kier alpha value is -1.62. The van der Waals surface area contributed by atoms with Gasteiger partial charge in [-0.25, -0.2) is 4.68 Å². The van der Waals surface area contributed by atoms with E-state index in [0.717, 1.165) is 18.5 Å². The van der Waals surface area contributed by atoms with Crippen LogP contribution in [-0.4, -0.2) is 20.2 Å². The Balaban J connectivity index is 2.50. The van der Waals surface area contributed by atoms with Crippen molar-refractivity contribution in [3.63, 3.8) is 0 Å². The highest BCUT2D eigenvalue weighted by Gasteiger charge is 2.12. The largest absolute Gasteiger partial charge is 0.398 e. The topological polar surface area (TPSA) is 69.6 Å². The normalized spacial score (nSPS) is 10.6. The van der Waals surface area contributed by atoms with Crippen molar-refractivity contribution in [2.24, 2.45) is 0 Å². The number of anilines is 1. The van der Waals surface area contributed by atoms with Crippen LogP contribution >= 0.6 is 11.6 Å². The van der Waals surface area contributed by atoms with Gasteiger partial charge in [-0.3, -0.25) is 0 Å². The van der Waals surface area contributed by atoms with Gasteiger partial charge in [0, 0.05) is 12.1 Å². The van der Waals surface area contributed by atoms with Crippen molar-refractivity contribution in [2.45, 2.75) is 19.9 Å². The lowest BCUT2D eigenvalue weighted by Gasteiger charge is -2.06. The second-order valence-corrected chi connectivity index (χ2v) is 3.81. The maximum absolute atomic E-state index is 6.12. The fourth-order valence-corrected chi connectivity index (χ4v) is 1.69. The Morgan fingerprint density at radius 3 is 3.00 bits per heavy atom. The molecule has 1 heterocycles. The minimum Gasteiger partial charge on any atom is -0.398 e. The first kappa shape index (κ1) is 10.9. The van der Waals surface area contributed by atoms with Gasteiger partial charge < -0.3 is 5.73 Å². The van der Waals surface area contributed by atoms with Crippen LogP contribution in [0.1, 0.15) is 13.3 Å². The van der Waals surface area contributed by atoms with Gasteiger partial charge >= 0.3 is 0 Å². The summed E-state index contributed by atoms with van der Waals surface area (Å²) >= 11 is 6.12. The summed E-state index contributed by atoms with van der Waals surface area (Å²) in [4.78, 5) is 0. The molecule has 2 N–H and O–H groups in total. The average molecular weight is 238 g/mol. The summed E-state index contributed by atoms with van der Waals surface area (Å²) in [5.74, 6) is 0.652. The van der Waals surface area contributed by atoms with E-state index in [1.165, 1.54) is 0 Å². The number of hydrogen-bond acceptors (Lipinski definition) is 4. The predicted molar refractivity (Wildman–Crippen MR) is 63.0 cm³/mol. The van der Waals surface area contributed by atoms with Gasteiger partial charge in [-0.1, -0.05) is 24.6 Å². The summed E-state index contributed by atoms with van der Waals surface area (Å²) in [7, 11) is 0. The molecule has 0 atom stereocenters. The molecule has 1 aromatic carbocycles. The highest BCUT2D eigenvalue weighted by atomic mass is 35.5. The molecule has 0 saturated carbocycles. The monoisotopic (exact) mass is 237 g/mol. The molecule has 84 valence electrons. The quantitative estimate of drug-likeness (QED) is 0.829. The maximum atomic E-state index is 6.12. The molecule has 2 aromatic rings. The minimum atomic E-state index is 0.495. The van der Waals surface area contributed by atoms with Crippen LogP contribution in [0.3, 0.4) is 0 Å². The van der Waals surface area contributed by atoms with Crippen LogP contribution in [0, 0.1) is 0 Å². The molecule has 5 nitrogen and oxygen atoms in total. The van der Waals surface area contributed by atoms with E-state index in [9.17, 15) is 0 Å². The molecule has 6 heteroatoms. The van der Waals surface area contributed by atoms with Gasteiger partial charge in [0.05, 0.1) is 10.7 Å². The van der Waals surface area contributed by atoms with E-state index >= 15 is 0 Å². The third-order valence-corrected chi connectivity index (χ3v) is 2.66. The summed E-state index contributed by atoms with van der Waals surface area (Å²) < 4.78 is 1.72. The molecule has 0 bridgehead atoms. The van der Waals surface area contributed by atoms with Gasteiger partial charge in [0.25, 0.3) is 0 Å². The molecule has 2 rings (SSSR count). The Morgan fingerprint density at radius 1 is 1.44 bits per heavy atom. The maximum Gasteiger partial charge on any atom is 0.183 e. The Morgan fingerprint density at radius 2 is 2.25 bits per heavy atom. The van der Waals surface area contributed by atoms with Crippen molar-refractivity contribution < 1.29 is 0 Å². The van der Waals surface area contributed by atoms with Crippen LogP contribution in [0.25, 0.3) is 11.4 Å². The summed E-state index contributed by atoms with van der Waals surface area (Å²) in [6, 6.07) is 5.44. The number of hydrogen-bond donors (Lipinski definition) is 1. The molecule has 0 amide bonds. The third kappa shape index (κ3) is 1.86. The molecule has 0 aliphatic carbocycles. The van der Waals surface area contributed by atoms with Crippen molar-refractivity contribution in [2.75, 3.05) is 5.73 Å². The average Bonchev–Trinajstić information content (AvgIpc) is 2.71. The molecular formula is C10H12ClN5. The number of nitrogen functional groups attached to an aromatic ring is 1. The number of aromatic nitrogens is 4. The predicted octanol–water partition coefficient (Wildman–Crippen LogP) is 1.99. The Kier molecular flexibility index (Phi) is 3.05. The molecule has 0 aliphatic heterocycles. The lowest BCUT2D eigenvalue weighted by atomic mass is 10.2. The standard InChI is InChI=1S/C10H12ClN5/c1-2-6-16-10(13-14-15-16)7-4-3-5-8(12)9(7)11/h3-5H,2,6,12H2,1H3. The molecule has 0 radical (unpaired) electrons. The first-order valence-electron chi connectivity index (χ1n) is 5.04. The Labute approximate surface area is 98.2 Å². The number of nitrogens with two attached hydrogens (primary N) is 1. The molecule has 0 spiro atoms. The van der Waals surface area contributed by atoms with E-state index in [2.05, 4.69) is 22.4 Å². The second-order valence-electron chi connectivity index (χ2n) is 3.43. The first-order chi connectivity index (χ1) is 7.74. The summed E-state index contributed by atoms with van der Waals surface area (Å²) in [6.07, 6.45) is 0.956. The van der Waals surface area contributed by atoms with Gasteiger partial charge in [-0.2, -0.15) is 0 Å².